The van der Waals surface area contributed by atoms with Gasteiger partial charge in [0.2, 0.25) is 5.91 Å². The van der Waals surface area contributed by atoms with Gasteiger partial charge in [0.05, 0.1) is 19.5 Å². The van der Waals surface area contributed by atoms with Crippen molar-refractivity contribution in [2.24, 2.45) is 0 Å². The summed E-state index contributed by atoms with van der Waals surface area (Å²) in [7, 11) is 0. The predicted octanol–water partition coefficient (Wildman–Crippen LogP) is 0.106. The van der Waals surface area contributed by atoms with Crippen LogP contribution in [-0.4, -0.2) is 47.3 Å². The monoisotopic (exact) mass is 225 g/mol. The molecule has 88 valence electrons. The molecule has 1 heterocycles. The third-order valence-electron chi connectivity index (χ3n) is 1.98. The number of aliphatic hydroxyl groups is 2. The van der Waals surface area contributed by atoms with E-state index in [1.54, 1.807) is 18.2 Å². The summed E-state index contributed by atoms with van der Waals surface area (Å²) in [5.74, 6) is 0.320. The maximum atomic E-state index is 11.6. The van der Waals surface area contributed by atoms with Gasteiger partial charge in [-0.15, -0.1) is 0 Å². The highest BCUT2D eigenvalue weighted by atomic mass is 16.3. The number of hydrogen-bond donors (Lipinski definition) is 2. The van der Waals surface area contributed by atoms with Crippen molar-refractivity contribution in [2.45, 2.75) is 0 Å². The van der Waals surface area contributed by atoms with E-state index in [4.69, 9.17) is 14.6 Å². The van der Waals surface area contributed by atoms with Crippen LogP contribution in [-0.2, 0) is 4.79 Å². The Bertz CT molecular complexity index is 326. The van der Waals surface area contributed by atoms with E-state index >= 15 is 0 Å². The molecule has 0 aliphatic rings. The van der Waals surface area contributed by atoms with E-state index in [0.717, 1.165) is 0 Å². The quantitative estimate of drug-likeness (QED) is 0.674. The number of rotatable bonds is 6. The Labute approximate surface area is 93.6 Å². The number of carbonyl (C=O) groups excluding carboxylic acids is 1. The van der Waals surface area contributed by atoms with Crippen LogP contribution in [0, 0.1) is 0 Å². The standard InChI is InChI=1S/C11H15NO4/c13-7-5-12(6-8-14)11(15)4-3-10-2-1-9-16-10/h1-4,9,13-14H,5-8H2. The molecular weight excluding hydrogens is 210 g/mol. The normalized spacial score (nSPS) is 10.9. The zero-order chi connectivity index (χ0) is 11.8. The Kier molecular flexibility index (Phi) is 5.31. The topological polar surface area (TPSA) is 73.9 Å². The highest BCUT2D eigenvalue weighted by Gasteiger charge is 2.08. The molecule has 0 aromatic carbocycles. The zero-order valence-corrected chi connectivity index (χ0v) is 8.87. The number of aliphatic hydroxyl groups excluding tert-OH is 2. The average Bonchev–Trinajstić information content (AvgIpc) is 2.78. The lowest BCUT2D eigenvalue weighted by molar-refractivity contribution is -0.126. The molecule has 0 aliphatic heterocycles. The molecule has 0 fully saturated rings. The lowest BCUT2D eigenvalue weighted by Gasteiger charge is -2.18. The van der Waals surface area contributed by atoms with E-state index in [9.17, 15) is 4.79 Å². The molecular formula is C11H15NO4. The van der Waals surface area contributed by atoms with E-state index in [0.29, 0.717) is 5.76 Å². The van der Waals surface area contributed by atoms with Gasteiger partial charge in [-0.2, -0.15) is 0 Å². The van der Waals surface area contributed by atoms with Gasteiger partial charge in [-0.3, -0.25) is 4.79 Å². The van der Waals surface area contributed by atoms with Crippen molar-refractivity contribution < 1.29 is 19.4 Å². The lowest BCUT2D eigenvalue weighted by Crippen LogP contribution is -2.34. The van der Waals surface area contributed by atoms with Gasteiger partial charge >= 0.3 is 0 Å². The van der Waals surface area contributed by atoms with Crippen LogP contribution in [0.15, 0.2) is 28.9 Å². The Morgan fingerprint density at radius 1 is 1.38 bits per heavy atom. The number of amides is 1. The molecule has 1 amide bonds. The van der Waals surface area contributed by atoms with Crippen molar-refractivity contribution >= 4 is 12.0 Å². The molecule has 1 aromatic rings. The first-order valence-electron chi connectivity index (χ1n) is 5.00. The van der Waals surface area contributed by atoms with Gasteiger partial charge in [0.1, 0.15) is 5.76 Å². The molecule has 0 unspecified atom stereocenters. The summed E-state index contributed by atoms with van der Waals surface area (Å²) in [5, 5.41) is 17.5. The first kappa shape index (κ1) is 12.5. The molecule has 5 heteroatoms. The summed E-state index contributed by atoms with van der Waals surface area (Å²) < 4.78 is 5.03. The van der Waals surface area contributed by atoms with Gasteiger partial charge in [-0.05, 0) is 18.2 Å². The largest absolute Gasteiger partial charge is 0.465 e. The number of nitrogens with zero attached hydrogens (tertiary/aromatic N) is 1. The lowest BCUT2D eigenvalue weighted by atomic mass is 10.3. The van der Waals surface area contributed by atoms with Gasteiger partial charge in [-0.25, -0.2) is 0 Å². The minimum atomic E-state index is -0.264. The first-order valence-corrected chi connectivity index (χ1v) is 5.00. The highest BCUT2D eigenvalue weighted by molar-refractivity contribution is 5.91. The fourth-order valence-electron chi connectivity index (χ4n) is 1.22. The van der Waals surface area contributed by atoms with Crippen LogP contribution < -0.4 is 0 Å². The molecule has 0 spiro atoms. The van der Waals surface area contributed by atoms with Crippen LogP contribution in [0.5, 0.6) is 0 Å². The Hall–Kier alpha value is -1.59. The first-order chi connectivity index (χ1) is 7.77. The summed E-state index contributed by atoms with van der Waals surface area (Å²) in [6, 6.07) is 3.45. The van der Waals surface area contributed by atoms with Gasteiger partial charge in [0, 0.05) is 19.2 Å². The van der Waals surface area contributed by atoms with Crippen molar-refractivity contribution in [2.75, 3.05) is 26.3 Å². The van der Waals surface area contributed by atoms with Crippen molar-refractivity contribution in [3.05, 3.63) is 30.2 Å². The van der Waals surface area contributed by atoms with Crippen LogP contribution in [0.25, 0.3) is 6.08 Å². The second-order valence-corrected chi connectivity index (χ2v) is 3.12. The summed E-state index contributed by atoms with van der Waals surface area (Å²) >= 11 is 0. The van der Waals surface area contributed by atoms with E-state index in [1.807, 2.05) is 0 Å². The second kappa shape index (κ2) is 6.81. The van der Waals surface area contributed by atoms with E-state index in [-0.39, 0.29) is 32.2 Å². The van der Waals surface area contributed by atoms with E-state index in [2.05, 4.69) is 0 Å². The van der Waals surface area contributed by atoms with Gasteiger partial charge in [0.25, 0.3) is 0 Å². The summed E-state index contributed by atoms with van der Waals surface area (Å²) in [4.78, 5) is 13.0. The molecule has 0 saturated heterocycles. The third kappa shape index (κ3) is 3.88. The van der Waals surface area contributed by atoms with Crippen LogP contribution in [0.4, 0.5) is 0 Å². The number of furan rings is 1. The third-order valence-corrected chi connectivity index (χ3v) is 1.98. The maximum Gasteiger partial charge on any atom is 0.246 e. The molecule has 5 nitrogen and oxygen atoms in total. The van der Waals surface area contributed by atoms with Crippen molar-refractivity contribution in [1.82, 2.24) is 4.90 Å². The van der Waals surface area contributed by atoms with Crippen LogP contribution in [0.3, 0.4) is 0 Å². The smallest absolute Gasteiger partial charge is 0.246 e. The highest BCUT2D eigenvalue weighted by Crippen LogP contribution is 2.03. The van der Waals surface area contributed by atoms with Crippen molar-refractivity contribution in [1.29, 1.82) is 0 Å². The van der Waals surface area contributed by atoms with E-state index < -0.39 is 0 Å². The van der Waals surface area contributed by atoms with Gasteiger partial charge in [0.15, 0.2) is 0 Å². The van der Waals surface area contributed by atoms with Crippen LogP contribution >= 0.6 is 0 Å². The van der Waals surface area contributed by atoms with Gasteiger partial charge in [-0.1, -0.05) is 0 Å². The van der Waals surface area contributed by atoms with Crippen molar-refractivity contribution in [3.63, 3.8) is 0 Å². The molecule has 1 rings (SSSR count). The molecule has 1 aromatic heterocycles. The van der Waals surface area contributed by atoms with Crippen molar-refractivity contribution in [3.8, 4) is 0 Å². The Morgan fingerprint density at radius 2 is 2.06 bits per heavy atom. The Balaban J connectivity index is 2.54. The summed E-state index contributed by atoms with van der Waals surface area (Å²) in [6.07, 6.45) is 4.41. The summed E-state index contributed by atoms with van der Waals surface area (Å²) in [5.41, 5.74) is 0. The molecule has 0 bridgehead atoms. The average molecular weight is 225 g/mol. The molecule has 0 atom stereocenters. The minimum absolute atomic E-state index is 0.125. The second-order valence-electron chi connectivity index (χ2n) is 3.12. The van der Waals surface area contributed by atoms with Crippen LogP contribution in [0.1, 0.15) is 5.76 Å². The SMILES string of the molecule is O=C(C=Cc1ccco1)N(CCO)CCO. The molecule has 0 saturated carbocycles. The number of carbonyl (C=O) groups is 1. The summed E-state index contributed by atoms with van der Waals surface area (Å²) in [6.45, 7) is 0.171. The minimum Gasteiger partial charge on any atom is -0.465 e. The van der Waals surface area contributed by atoms with E-state index in [1.165, 1.54) is 17.2 Å². The predicted molar refractivity (Wildman–Crippen MR) is 58.5 cm³/mol. The fraction of sp³-hybridized carbons (Fsp3) is 0.364. The zero-order valence-electron chi connectivity index (χ0n) is 8.87. The molecule has 16 heavy (non-hydrogen) atoms. The van der Waals surface area contributed by atoms with Gasteiger partial charge < -0.3 is 19.5 Å². The number of hydrogen-bond acceptors (Lipinski definition) is 4. The fourth-order valence-corrected chi connectivity index (χ4v) is 1.22. The molecule has 2 N–H and O–H groups in total. The molecule has 0 radical (unpaired) electrons. The Morgan fingerprint density at radius 3 is 2.56 bits per heavy atom. The maximum absolute atomic E-state index is 11.6. The molecule has 0 aliphatic carbocycles. The van der Waals surface area contributed by atoms with Crippen LogP contribution in [0.2, 0.25) is 0 Å².